The summed E-state index contributed by atoms with van der Waals surface area (Å²) in [6.45, 7) is 0. The van der Waals surface area contributed by atoms with Crippen LogP contribution in [0.4, 0.5) is 0 Å². The van der Waals surface area contributed by atoms with E-state index in [1.165, 1.54) is 0 Å². The van der Waals surface area contributed by atoms with Crippen LogP contribution in [0.3, 0.4) is 0 Å². The SMILES string of the molecule is O=P([O-])(O)O.O=P([O-])(O)O.O=P([O-])([O-])[O-].[H+].[Na+].[Na+].[Na+].[Na+]. The predicted octanol–water partition coefficient (Wildman–Crippen LogP) is -17.8. The first kappa shape index (κ1) is 43.6. The van der Waals surface area contributed by atoms with Gasteiger partial charge in [0, 0.05) is 0 Å². The first-order chi connectivity index (χ1) is 6.00. The monoisotopic (exact) mass is 382 g/mol. The molecule has 0 unspecified atom stereocenters. The van der Waals surface area contributed by atoms with Crippen molar-refractivity contribution in [1.82, 2.24) is 0 Å². The summed E-state index contributed by atoms with van der Waals surface area (Å²) >= 11 is 0. The van der Waals surface area contributed by atoms with Gasteiger partial charge in [-0.15, -0.1) is 0 Å². The van der Waals surface area contributed by atoms with Crippen LogP contribution in [0.1, 0.15) is 1.43 Å². The summed E-state index contributed by atoms with van der Waals surface area (Å²) in [6, 6.07) is 0. The molecule has 19 heavy (non-hydrogen) atoms. The Morgan fingerprint density at radius 1 is 0.579 bits per heavy atom. The number of rotatable bonds is 0. The number of hydrogen-bond donors (Lipinski definition) is 4. The molecule has 0 heterocycles. The summed E-state index contributed by atoms with van der Waals surface area (Å²) in [6.07, 6.45) is 0. The van der Waals surface area contributed by atoms with Crippen LogP contribution in [0.15, 0.2) is 0 Å². The molecule has 12 nitrogen and oxygen atoms in total. The van der Waals surface area contributed by atoms with E-state index < -0.39 is 23.5 Å². The molecule has 0 bridgehead atoms. The first-order valence-electron chi connectivity index (χ1n) is 2.26. The van der Waals surface area contributed by atoms with Crippen molar-refractivity contribution in [3.05, 3.63) is 0 Å². The zero-order valence-electron chi connectivity index (χ0n) is 11.4. The Morgan fingerprint density at radius 2 is 0.579 bits per heavy atom. The van der Waals surface area contributed by atoms with Gasteiger partial charge in [0.15, 0.2) is 0 Å². The van der Waals surface area contributed by atoms with Crippen LogP contribution >= 0.6 is 23.5 Å². The summed E-state index contributed by atoms with van der Waals surface area (Å²) in [4.78, 5) is 71.5. The summed E-state index contributed by atoms with van der Waals surface area (Å²) < 4.78 is 26.1. The molecule has 0 saturated heterocycles. The average Bonchev–Trinajstić information content (AvgIpc) is 1.41. The van der Waals surface area contributed by atoms with Crippen molar-refractivity contribution >= 4 is 23.5 Å². The minimum atomic E-state index is -5.39. The predicted molar refractivity (Wildman–Crippen MR) is 32.8 cm³/mol. The Bertz CT molecular complexity index is 217. The Labute approximate surface area is 197 Å². The quantitative estimate of drug-likeness (QED) is 0.225. The van der Waals surface area contributed by atoms with E-state index in [0.717, 1.165) is 0 Å². The van der Waals surface area contributed by atoms with Gasteiger partial charge in [0.05, 0.1) is 0 Å². The van der Waals surface area contributed by atoms with Crippen LogP contribution in [0.5, 0.6) is 0 Å². The normalized spacial score (nSPS) is 9.32. The summed E-state index contributed by atoms with van der Waals surface area (Å²) in [5.41, 5.74) is 0. The molecule has 0 aliphatic rings. The zero-order chi connectivity index (χ0) is 13.5. The van der Waals surface area contributed by atoms with E-state index in [-0.39, 0.29) is 120 Å². The van der Waals surface area contributed by atoms with Gasteiger partial charge in [-0.3, -0.25) is 9.13 Å². The van der Waals surface area contributed by atoms with Crippen molar-refractivity contribution in [3.8, 4) is 0 Å². The second-order valence-corrected chi connectivity index (χ2v) is 4.29. The van der Waals surface area contributed by atoms with E-state index in [0.29, 0.717) is 0 Å². The minimum Gasteiger partial charge on any atom is -0.822 e. The van der Waals surface area contributed by atoms with Crippen molar-refractivity contribution in [2.75, 3.05) is 0 Å². The molecular formula is H5Na4O12P3. The van der Waals surface area contributed by atoms with E-state index in [2.05, 4.69) is 0 Å². The van der Waals surface area contributed by atoms with Gasteiger partial charge in [0.25, 0.3) is 15.6 Å². The maximum Gasteiger partial charge on any atom is 1.00 e. The molecule has 0 rings (SSSR count). The third-order valence-electron chi connectivity index (χ3n) is 0. The molecule has 0 amide bonds. The maximum absolute atomic E-state index is 8.77. The topological polar surface area (TPSA) is 247 Å². The molecule has 0 saturated carbocycles. The molecule has 0 aliphatic carbocycles. The molecule has 0 fully saturated rings. The van der Waals surface area contributed by atoms with E-state index in [4.69, 9.17) is 57.7 Å². The molecule has 0 aromatic carbocycles. The largest absolute Gasteiger partial charge is 1.00 e. The van der Waals surface area contributed by atoms with Gasteiger partial charge >= 0.3 is 120 Å². The second kappa shape index (κ2) is 20.4. The summed E-state index contributed by atoms with van der Waals surface area (Å²) in [7, 11) is -15.2. The van der Waals surface area contributed by atoms with Crippen molar-refractivity contribution in [2.24, 2.45) is 0 Å². The van der Waals surface area contributed by atoms with Crippen LogP contribution in [-0.2, 0) is 13.7 Å². The number of hydrogen-bond acceptors (Lipinski definition) is 8. The molecule has 0 aromatic rings. The molecule has 0 spiro atoms. The van der Waals surface area contributed by atoms with Crippen LogP contribution < -0.4 is 143 Å². The molecule has 0 atom stereocenters. The van der Waals surface area contributed by atoms with E-state index >= 15 is 0 Å². The molecule has 0 aliphatic heterocycles. The third-order valence-corrected chi connectivity index (χ3v) is 0. The Morgan fingerprint density at radius 3 is 0.579 bits per heavy atom. The van der Waals surface area contributed by atoms with Crippen molar-refractivity contribution in [1.29, 1.82) is 0 Å². The van der Waals surface area contributed by atoms with E-state index in [1.807, 2.05) is 0 Å². The maximum atomic E-state index is 8.77. The van der Waals surface area contributed by atoms with Crippen molar-refractivity contribution in [2.45, 2.75) is 0 Å². The van der Waals surface area contributed by atoms with Gasteiger partial charge < -0.3 is 48.6 Å². The third kappa shape index (κ3) is 492. The van der Waals surface area contributed by atoms with Crippen LogP contribution in [0.25, 0.3) is 0 Å². The fraction of sp³-hybridized carbons (Fsp3) is 0. The van der Waals surface area contributed by atoms with Crippen molar-refractivity contribution in [3.63, 3.8) is 0 Å². The molecule has 19 heteroatoms. The molecule has 0 aromatic heterocycles. The van der Waals surface area contributed by atoms with E-state index in [1.54, 1.807) is 0 Å². The fourth-order valence-electron chi connectivity index (χ4n) is 0. The number of phosphoric acid groups is 3. The minimum absolute atomic E-state index is 0. The average molecular weight is 382 g/mol. The van der Waals surface area contributed by atoms with Gasteiger partial charge in [0.2, 0.25) is 0 Å². The zero-order valence-corrected chi connectivity index (χ0v) is 21.1. The van der Waals surface area contributed by atoms with Gasteiger partial charge in [-0.05, 0) is 0 Å². The molecular weight excluding hydrogens is 377 g/mol. The van der Waals surface area contributed by atoms with Crippen LogP contribution in [0.2, 0.25) is 0 Å². The van der Waals surface area contributed by atoms with Gasteiger partial charge in [-0.2, -0.15) is 7.82 Å². The van der Waals surface area contributed by atoms with Crippen LogP contribution in [0, 0.1) is 0 Å². The molecule has 96 valence electrons. The first-order valence-corrected chi connectivity index (χ1v) is 6.78. The van der Waals surface area contributed by atoms with Gasteiger partial charge in [-0.25, -0.2) is 0 Å². The smallest absolute Gasteiger partial charge is 0.822 e. The van der Waals surface area contributed by atoms with Crippen molar-refractivity contribution < 1.29 is 177 Å². The van der Waals surface area contributed by atoms with Gasteiger partial charge in [0.1, 0.15) is 0 Å². The molecule has 4 N–H and O–H groups in total. The van der Waals surface area contributed by atoms with Gasteiger partial charge in [-0.1, -0.05) is 0 Å². The van der Waals surface area contributed by atoms with Crippen LogP contribution in [-0.4, -0.2) is 19.6 Å². The standard InChI is InChI=1S/4Na.3H3O4P/c;;;;3*1-5(2,3)4/h;;;;3*(H3,1,2,3,4)/q4*+1;;;/p-4. The Kier molecular flexibility index (Phi) is 46.8. The summed E-state index contributed by atoms with van der Waals surface area (Å²) in [5, 5.41) is 0. The Balaban J connectivity index is -0.0000000160. The second-order valence-electron chi connectivity index (χ2n) is 1.43. The Hall–Kier alpha value is 4.33. The molecule has 0 radical (unpaired) electrons. The summed E-state index contributed by atoms with van der Waals surface area (Å²) in [5.74, 6) is 0. The fourth-order valence-corrected chi connectivity index (χ4v) is 0. The van der Waals surface area contributed by atoms with E-state index in [9.17, 15) is 0 Å².